The van der Waals surface area contributed by atoms with Crippen LogP contribution in [0.3, 0.4) is 0 Å². The summed E-state index contributed by atoms with van der Waals surface area (Å²) in [6.45, 7) is 9.28. The molecule has 0 unspecified atom stereocenters. The van der Waals surface area contributed by atoms with Gasteiger partial charge in [-0.15, -0.1) is 0 Å². The van der Waals surface area contributed by atoms with Crippen molar-refractivity contribution in [1.29, 1.82) is 0 Å². The normalized spacial score (nSPS) is 20.9. The van der Waals surface area contributed by atoms with Crippen LogP contribution in [-0.4, -0.2) is 43.0 Å². The Morgan fingerprint density at radius 3 is 2.38 bits per heavy atom. The molecule has 2 fully saturated rings. The van der Waals surface area contributed by atoms with Crippen molar-refractivity contribution in [3.05, 3.63) is 29.8 Å². The van der Waals surface area contributed by atoms with Crippen LogP contribution in [-0.2, 0) is 14.9 Å². The summed E-state index contributed by atoms with van der Waals surface area (Å²) in [5.41, 5.74) is 2.02. The number of carbonyl (C=O) groups excluding carboxylic acids is 1. The quantitative estimate of drug-likeness (QED) is 0.852. The lowest BCUT2D eigenvalue weighted by atomic mass is 9.86. The molecule has 0 radical (unpaired) electrons. The minimum atomic E-state index is -0.460. The molecular formula is C19H28N2O3. The van der Waals surface area contributed by atoms with Gasteiger partial charge in [-0.25, -0.2) is 4.79 Å². The maximum Gasteiger partial charge on any atom is 0.321 e. The lowest BCUT2D eigenvalue weighted by Gasteiger charge is -2.43. The lowest BCUT2D eigenvalue weighted by Crippen LogP contribution is -2.52. The third kappa shape index (κ3) is 3.73. The molecule has 2 heterocycles. The van der Waals surface area contributed by atoms with Crippen LogP contribution in [0.25, 0.3) is 0 Å². The molecule has 2 amide bonds. The van der Waals surface area contributed by atoms with E-state index in [2.05, 4.69) is 32.2 Å². The minimum absolute atomic E-state index is 0.0143. The molecule has 2 aliphatic heterocycles. The summed E-state index contributed by atoms with van der Waals surface area (Å²) >= 11 is 0. The number of ether oxygens (including phenoxy) is 2. The van der Waals surface area contributed by atoms with Crippen molar-refractivity contribution < 1.29 is 14.3 Å². The Morgan fingerprint density at radius 1 is 1.12 bits per heavy atom. The zero-order valence-electron chi connectivity index (χ0n) is 14.9. The molecule has 1 aromatic carbocycles. The number of anilines is 1. The van der Waals surface area contributed by atoms with E-state index in [9.17, 15) is 4.79 Å². The van der Waals surface area contributed by atoms with Crippen LogP contribution < -0.4 is 5.32 Å². The number of para-hydroxylation sites is 1. The Kier molecular flexibility index (Phi) is 4.83. The van der Waals surface area contributed by atoms with Gasteiger partial charge in [0.15, 0.2) is 5.79 Å². The van der Waals surface area contributed by atoms with Gasteiger partial charge in [-0.1, -0.05) is 39.0 Å². The maximum atomic E-state index is 12.7. The van der Waals surface area contributed by atoms with Crippen molar-refractivity contribution in [3.63, 3.8) is 0 Å². The topological polar surface area (TPSA) is 50.8 Å². The number of nitrogens with one attached hydrogen (secondary N) is 1. The van der Waals surface area contributed by atoms with Gasteiger partial charge in [0, 0.05) is 31.6 Å². The first-order chi connectivity index (χ1) is 11.4. The summed E-state index contributed by atoms with van der Waals surface area (Å²) < 4.78 is 11.7. The van der Waals surface area contributed by atoms with Crippen LogP contribution in [0.5, 0.6) is 0 Å². The maximum absolute atomic E-state index is 12.7. The predicted molar refractivity (Wildman–Crippen MR) is 94.2 cm³/mol. The molecule has 24 heavy (non-hydrogen) atoms. The van der Waals surface area contributed by atoms with E-state index in [-0.39, 0.29) is 11.4 Å². The highest BCUT2D eigenvalue weighted by Crippen LogP contribution is 2.32. The van der Waals surface area contributed by atoms with E-state index in [1.807, 2.05) is 23.1 Å². The van der Waals surface area contributed by atoms with E-state index >= 15 is 0 Å². The van der Waals surface area contributed by atoms with Crippen LogP contribution in [0, 0.1) is 0 Å². The summed E-state index contributed by atoms with van der Waals surface area (Å²) in [5.74, 6) is -0.460. The Morgan fingerprint density at radius 2 is 1.75 bits per heavy atom. The van der Waals surface area contributed by atoms with Gasteiger partial charge in [-0.2, -0.15) is 0 Å². The van der Waals surface area contributed by atoms with Gasteiger partial charge in [-0.3, -0.25) is 0 Å². The number of hydrogen-bond donors (Lipinski definition) is 1. The predicted octanol–water partition coefficient (Wildman–Crippen LogP) is 3.75. The van der Waals surface area contributed by atoms with Crippen LogP contribution in [0.1, 0.15) is 45.6 Å². The zero-order chi connectivity index (χ0) is 17.2. The first-order valence-electron chi connectivity index (χ1n) is 8.83. The van der Waals surface area contributed by atoms with Crippen molar-refractivity contribution in [1.82, 2.24) is 4.90 Å². The first kappa shape index (κ1) is 17.2. The fourth-order valence-electron chi connectivity index (χ4n) is 3.40. The van der Waals surface area contributed by atoms with Gasteiger partial charge >= 0.3 is 6.03 Å². The standard InChI is InChI=1S/C19H28N2O3/c1-18(2,3)15-7-4-5-8-16(15)20-17(22)21-11-9-19(10-12-21)23-13-6-14-24-19/h4-5,7-8H,6,9-14H2,1-3H3,(H,20,22). The summed E-state index contributed by atoms with van der Waals surface area (Å²) in [6.07, 6.45) is 2.43. The average Bonchev–Trinajstić information content (AvgIpc) is 2.56. The summed E-state index contributed by atoms with van der Waals surface area (Å²) in [5, 5.41) is 3.08. The number of amides is 2. The lowest BCUT2D eigenvalue weighted by molar-refractivity contribution is -0.281. The largest absolute Gasteiger partial charge is 0.350 e. The monoisotopic (exact) mass is 332 g/mol. The molecule has 132 valence electrons. The molecule has 0 aliphatic carbocycles. The number of benzene rings is 1. The Labute approximate surface area is 144 Å². The molecule has 0 atom stereocenters. The second kappa shape index (κ2) is 6.73. The molecule has 2 aliphatic rings. The van der Waals surface area contributed by atoms with Gasteiger partial charge in [0.1, 0.15) is 0 Å². The number of hydrogen-bond acceptors (Lipinski definition) is 3. The molecule has 0 bridgehead atoms. The van der Waals surface area contributed by atoms with Gasteiger partial charge in [0.25, 0.3) is 0 Å². The van der Waals surface area contributed by atoms with Crippen molar-refractivity contribution in [2.24, 2.45) is 0 Å². The Hall–Kier alpha value is -1.59. The molecule has 5 heteroatoms. The number of piperidine rings is 1. The molecule has 2 saturated heterocycles. The van der Waals surface area contributed by atoms with Crippen molar-refractivity contribution in [3.8, 4) is 0 Å². The smallest absolute Gasteiger partial charge is 0.321 e. The Balaban J connectivity index is 1.63. The summed E-state index contributed by atoms with van der Waals surface area (Å²) in [4.78, 5) is 14.5. The SMILES string of the molecule is CC(C)(C)c1ccccc1NC(=O)N1CCC2(CC1)OCCCO2. The second-order valence-electron chi connectivity index (χ2n) is 7.67. The highest BCUT2D eigenvalue weighted by Gasteiger charge is 2.39. The second-order valence-corrected chi connectivity index (χ2v) is 7.67. The fourth-order valence-corrected chi connectivity index (χ4v) is 3.40. The van der Waals surface area contributed by atoms with E-state index in [0.717, 1.165) is 43.7 Å². The van der Waals surface area contributed by atoms with Crippen molar-refractivity contribution >= 4 is 11.7 Å². The molecule has 1 spiro atoms. The van der Waals surface area contributed by atoms with E-state index in [1.165, 1.54) is 0 Å². The van der Waals surface area contributed by atoms with E-state index in [1.54, 1.807) is 0 Å². The van der Waals surface area contributed by atoms with E-state index in [4.69, 9.17) is 9.47 Å². The molecule has 3 rings (SSSR count). The molecule has 5 nitrogen and oxygen atoms in total. The van der Waals surface area contributed by atoms with Crippen LogP contribution in [0.4, 0.5) is 10.5 Å². The molecular weight excluding hydrogens is 304 g/mol. The molecule has 1 N–H and O–H groups in total. The molecule has 1 aromatic rings. The molecule has 0 saturated carbocycles. The van der Waals surface area contributed by atoms with Gasteiger partial charge in [0.05, 0.1) is 13.2 Å². The van der Waals surface area contributed by atoms with Crippen molar-refractivity contribution in [2.45, 2.75) is 51.2 Å². The third-order valence-electron chi connectivity index (χ3n) is 4.81. The summed E-state index contributed by atoms with van der Waals surface area (Å²) in [7, 11) is 0. The first-order valence-corrected chi connectivity index (χ1v) is 8.83. The number of rotatable bonds is 1. The van der Waals surface area contributed by atoms with Gasteiger partial charge in [-0.05, 0) is 23.5 Å². The van der Waals surface area contributed by atoms with E-state index in [0.29, 0.717) is 13.1 Å². The van der Waals surface area contributed by atoms with E-state index < -0.39 is 5.79 Å². The zero-order valence-corrected chi connectivity index (χ0v) is 14.9. The van der Waals surface area contributed by atoms with Crippen molar-refractivity contribution in [2.75, 3.05) is 31.6 Å². The van der Waals surface area contributed by atoms with Gasteiger partial charge < -0.3 is 19.7 Å². The van der Waals surface area contributed by atoms with Crippen LogP contribution in [0.15, 0.2) is 24.3 Å². The van der Waals surface area contributed by atoms with Crippen LogP contribution >= 0.6 is 0 Å². The highest BCUT2D eigenvalue weighted by atomic mass is 16.7. The molecule has 0 aromatic heterocycles. The van der Waals surface area contributed by atoms with Gasteiger partial charge in [0.2, 0.25) is 0 Å². The minimum Gasteiger partial charge on any atom is -0.350 e. The van der Waals surface area contributed by atoms with Crippen LogP contribution in [0.2, 0.25) is 0 Å². The Bertz CT molecular complexity index is 579. The highest BCUT2D eigenvalue weighted by molar-refractivity contribution is 5.90. The fraction of sp³-hybridized carbons (Fsp3) is 0.632. The number of carbonyl (C=O) groups is 1. The number of urea groups is 1. The average molecular weight is 332 g/mol. The number of likely N-dealkylation sites (tertiary alicyclic amines) is 1. The number of nitrogens with zero attached hydrogens (tertiary/aromatic N) is 1. The third-order valence-corrected chi connectivity index (χ3v) is 4.81. The summed E-state index contributed by atoms with van der Waals surface area (Å²) in [6, 6.07) is 7.97.